The maximum Gasteiger partial charge on any atom is 0.225 e. The fourth-order valence-corrected chi connectivity index (χ4v) is 1.81. The number of hydrogen-bond donors (Lipinski definition) is 1. The van der Waals surface area contributed by atoms with E-state index in [9.17, 15) is 4.79 Å². The molecule has 0 saturated carbocycles. The molecule has 1 aromatic rings. The van der Waals surface area contributed by atoms with Crippen LogP contribution in [0.5, 0.6) is 0 Å². The van der Waals surface area contributed by atoms with Gasteiger partial charge in [-0.05, 0) is 15.9 Å². The fraction of sp³-hybridized carbons (Fsp3) is 0.583. The van der Waals surface area contributed by atoms with Gasteiger partial charge in [0, 0.05) is 30.9 Å². The van der Waals surface area contributed by atoms with Crippen LogP contribution in [0.1, 0.15) is 20.8 Å². The molecular formula is C12H17BrN4O. The zero-order valence-electron chi connectivity index (χ0n) is 10.8. The number of carbonyl (C=O) groups excluding carboxylic acids is 1. The summed E-state index contributed by atoms with van der Waals surface area (Å²) in [6.07, 6.45) is 3.45. The number of amides is 1. The normalized spacial score (nSPS) is 16.3. The van der Waals surface area contributed by atoms with Crippen LogP contribution >= 0.6 is 15.9 Å². The monoisotopic (exact) mass is 312 g/mol. The summed E-state index contributed by atoms with van der Waals surface area (Å²) < 4.78 is 0.865. The molecule has 0 aliphatic carbocycles. The molecule has 1 aliphatic heterocycles. The Hall–Kier alpha value is -1.17. The van der Waals surface area contributed by atoms with Gasteiger partial charge < -0.3 is 10.2 Å². The van der Waals surface area contributed by atoms with Crippen molar-refractivity contribution in [2.24, 2.45) is 5.41 Å². The lowest BCUT2D eigenvalue weighted by Gasteiger charge is -2.40. The van der Waals surface area contributed by atoms with Gasteiger partial charge in [-0.15, -0.1) is 0 Å². The van der Waals surface area contributed by atoms with Crippen LogP contribution in [0.3, 0.4) is 0 Å². The first kappa shape index (κ1) is 13.3. The van der Waals surface area contributed by atoms with Crippen LogP contribution in [0, 0.1) is 5.41 Å². The van der Waals surface area contributed by atoms with E-state index in [0.29, 0.717) is 5.95 Å². The van der Waals surface area contributed by atoms with E-state index in [-0.39, 0.29) is 17.4 Å². The molecule has 0 atom stereocenters. The lowest BCUT2D eigenvalue weighted by Crippen LogP contribution is -2.61. The molecule has 2 heterocycles. The number of carbonyl (C=O) groups is 1. The second-order valence-electron chi connectivity index (χ2n) is 5.53. The van der Waals surface area contributed by atoms with E-state index in [2.05, 4.69) is 31.2 Å². The lowest BCUT2D eigenvalue weighted by atomic mass is 9.94. The molecule has 1 fully saturated rings. The molecule has 98 valence electrons. The molecule has 1 saturated heterocycles. The molecule has 1 N–H and O–H groups in total. The summed E-state index contributed by atoms with van der Waals surface area (Å²) in [5, 5.41) is 3.02. The van der Waals surface area contributed by atoms with Crippen LogP contribution in [-0.2, 0) is 4.79 Å². The van der Waals surface area contributed by atoms with E-state index in [0.717, 1.165) is 17.6 Å². The summed E-state index contributed by atoms with van der Waals surface area (Å²) in [7, 11) is 0. The number of nitrogens with zero attached hydrogens (tertiary/aromatic N) is 3. The highest BCUT2D eigenvalue weighted by atomic mass is 79.9. The summed E-state index contributed by atoms with van der Waals surface area (Å²) in [5.74, 6) is 0.795. The Morgan fingerprint density at radius 3 is 2.44 bits per heavy atom. The Morgan fingerprint density at radius 1 is 1.39 bits per heavy atom. The van der Waals surface area contributed by atoms with Gasteiger partial charge in [0.1, 0.15) is 0 Å². The van der Waals surface area contributed by atoms with Crippen molar-refractivity contribution >= 4 is 27.8 Å². The number of hydrogen-bond acceptors (Lipinski definition) is 4. The Labute approximate surface area is 115 Å². The van der Waals surface area contributed by atoms with E-state index in [1.165, 1.54) is 0 Å². The SMILES string of the molecule is CC(C)(C)C(=O)NC1CN(c2ncc(Br)cn2)C1. The first-order valence-electron chi connectivity index (χ1n) is 5.90. The van der Waals surface area contributed by atoms with Crippen LogP contribution in [0.2, 0.25) is 0 Å². The number of anilines is 1. The summed E-state index contributed by atoms with van der Waals surface area (Å²) >= 11 is 3.30. The van der Waals surface area contributed by atoms with Crippen LogP contribution < -0.4 is 10.2 Å². The Bertz CT molecular complexity index is 434. The van der Waals surface area contributed by atoms with Crippen LogP contribution in [0.4, 0.5) is 5.95 Å². The molecule has 18 heavy (non-hydrogen) atoms. The average molecular weight is 313 g/mol. The minimum absolute atomic E-state index is 0.0869. The predicted octanol–water partition coefficient (Wildman–Crippen LogP) is 1.59. The molecule has 0 aromatic carbocycles. The van der Waals surface area contributed by atoms with Gasteiger partial charge in [0.15, 0.2) is 0 Å². The van der Waals surface area contributed by atoms with Crippen LogP contribution in [-0.4, -0.2) is 35.0 Å². The highest BCUT2D eigenvalue weighted by molar-refractivity contribution is 9.10. The van der Waals surface area contributed by atoms with Crippen molar-refractivity contribution in [2.45, 2.75) is 26.8 Å². The van der Waals surface area contributed by atoms with E-state index in [1.54, 1.807) is 12.4 Å². The van der Waals surface area contributed by atoms with Gasteiger partial charge in [-0.2, -0.15) is 0 Å². The molecule has 0 radical (unpaired) electrons. The van der Waals surface area contributed by atoms with Gasteiger partial charge in [-0.3, -0.25) is 4.79 Å². The third kappa shape index (κ3) is 2.98. The highest BCUT2D eigenvalue weighted by Crippen LogP contribution is 2.19. The third-order valence-electron chi connectivity index (χ3n) is 2.79. The maximum absolute atomic E-state index is 11.8. The number of rotatable bonds is 2. The minimum atomic E-state index is -0.339. The highest BCUT2D eigenvalue weighted by Gasteiger charge is 2.32. The molecule has 0 bridgehead atoms. The largest absolute Gasteiger partial charge is 0.349 e. The third-order valence-corrected chi connectivity index (χ3v) is 3.20. The van der Waals surface area contributed by atoms with Gasteiger partial charge in [0.25, 0.3) is 0 Å². The number of halogens is 1. The Morgan fingerprint density at radius 2 is 1.94 bits per heavy atom. The van der Waals surface area contributed by atoms with Crippen molar-refractivity contribution in [3.05, 3.63) is 16.9 Å². The average Bonchev–Trinajstić information content (AvgIpc) is 2.23. The van der Waals surface area contributed by atoms with Crippen molar-refractivity contribution in [2.75, 3.05) is 18.0 Å². The standard InChI is InChI=1S/C12H17BrN4O/c1-12(2,3)10(18)16-9-6-17(7-9)11-14-4-8(13)5-15-11/h4-5,9H,6-7H2,1-3H3,(H,16,18). The van der Waals surface area contributed by atoms with E-state index >= 15 is 0 Å². The molecular weight excluding hydrogens is 296 g/mol. The van der Waals surface area contributed by atoms with Crippen molar-refractivity contribution < 1.29 is 4.79 Å². The summed E-state index contributed by atoms with van der Waals surface area (Å²) in [6, 6.07) is 0.198. The molecule has 1 aliphatic rings. The lowest BCUT2D eigenvalue weighted by molar-refractivity contribution is -0.129. The van der Waals surface area contributed by atoms with Gasteiger partial charge >= 0.3 is 0 Å². The smallest absolute Gasteiger partial charge is 0.225 e. The van der Waals surface area contributed by atoms with E-state index in [4.69, 9.17) is 0 Å². The zero-order chi connectivity index (χ0) is 13.3. The van der Waals surface area contributed by atoms with Crippen molar-refractivity contribution in [3.63, 3.8) is 0 Å². The topological polar surface area (TPSA) is 58.1 Å². The maximum atomic E-state index is 11.8. The van der Waals surface area contributed by atoms with Crippen molar-refractivity contribution in [1.29, 1.82) is 0 Å². The first-order valence-corrected chi connectivity index (χ1v) is 6.69. The minimum Gasteiger partial charge on any atom is -0.349 e. The molecule has 1 aromatic heterocycles. The fourth-order valence-electron chi connectivity index (χ4n) is 1.60. The van der Waals surface area contributed by atoms with Crippen LogP contribution in [0.25, 0.3) is 0 Å². The molecule has 1 amide bonds. The Balaban J connectivity index is 1.84. The molecule has 0 spiro atoms. The summed E-state index contributed by atoms with van der Waals surface area (Å²) in [5.41, 5.74) is -0.339. The van der Waals surface area contributed by atoms with Gasteiger partial charge in [0.05, 0.1) is 10.5 Å². The van der Waals surface area contributed by atoms with Crippen molar-refractivity contribution in [1.82, 2.24) is 15.3 Å². The molecule has 0 unspecified atom stereocenters. The Kier molecular flexibility index (Phi) is 3.56. The second kappa shape index (κ2) is 4.84. The van der Waals surface area contributed by atoms with Crippen LogP contribution in [0.15, 0.2) is 16.9 Å². The second-order valence-corrected chi connectivity index (χ2v) is 6.44. The quantitative estimate of drug-likeness (QED) is 0.901. The number of nitrogens with one attached hydrogen (secondary N) is 1. The molecule has 5 nitrogen and oxygen atoms in total. The van der Waals surface area contributed by atoms with E-state index < -0.39 is 0 Å². The summed E-state index contributed by atoms with van der Waals surface area (Å²) in [6.45, 7) is 7.27. The number of aromatic nitrogens is 2. The predicted molar refractivity (Wildman–Crippen MR) is 73.3 cm³/mol. The van der Waals surface area contributed by atoms with E-state index in [1.807, 2.05) is 25.7 Å². The molecule has 2 rings (SSSR count). The van der Waals surface area contributed by atoms with Gasteiger partial charge in [-0.1, -0.05) is 20.8 Å². The first-order chi connectivity index (χ1) is 8.36. The van der Waals surface area contributed by atoms with Crippen molar-refractivity contribution in [3.8, 4) is 0 Å². The zero-order valence-corrected chi connectivity index (χ0v) is 12.4. The molecule has 6 heteroatoms. The van der Waals surface area contributed by atoms with Gasteiger partial charge in [-0.25, -0.2) is 9.97 Å². The summed E-state index contributed by atoms with van der Waals surface area (Å²) in [4.78, 5) is 22.3. The van der Waals surface area contributed by atoms with Gasteiger partial charge in [0.2, 0.25) is 11.9 Å².